The van der Waals surface area contributed by atoms with Gasteiger partial charge in [-0.15, -0.1) is 23.1 Å². The quantitative estimate of drug-likeness (QED) is 0.694. The molecule has 0 atom stereocenters. The van der Waals surface area contributed by atoms with Gasteiger partial charge in [0, 0.05) is 4.88 Å². The Morgan fingerprint density at radius 2 is 2.42 bits per heavy atom. The van der Waals surface area contributed by atoms with Gasteiger partial charge in [-0.2, -0.15) is 0 Å². The summed E-state index contributed by atoms with van der Waals surface area (Å²) in [7, 11) is 0. The molecule has 0 nitrogen and oxygen atoms in total. The molecule has 0 aliphatic heterocycles. The summed E-state index contributed by atoms with van der Waals surface area (Å²) in [5.41, 5.74) is 1.28. The van der Waals surface area contributed by atoms with E-state index < -0.39 is 0 Å². The number of thiophene rings is 1. The molecule has 12 heavy (non-hydrogen) atoms. The van der Waals surface area contributed by atoms with Gasteiger partial charge >= 0.3 is 0 Å². The van der Waals surface area contributed by atoms with E-state index in [-0.39, 0.29) is 0 Å². The third-order valence-electron chi connectivity index (χ3n) is 1.28. The van der Waals surface area contributed by atoms with Crippen LogP contribution in [0.5, 0.6) is 0 Å². The van der Waals surface area contributed by atoms with Crippen LogP contribution in [0, 0.1) is 6.92 Å². The maximum absolute atomic E-state index is 3.81. The molecule has 0 fully saturated rings. The molecule has 0 aliphatic rings. The van der Waals surface area contributed by atoms with Crippen LogP contribution in [0.3, 0.4) is 0 Å². The molecule has 0 saturated carbocycles. The summed E-state index contributed by atoms with van der Waals surface area (Å²) in [6.45, 7) is 7.93. The number of allylic oxidation sites excluding steroid dienone is 1. The maximum Gasteiger partial charge on any atom is 0.00203 e. The van der Waals surface area contributed by atoms with Crippen molar-refractivity contribution in [1.29, 1.82) is 0 Å². The second-order valence-electron chi connectivity index (χ2n) is 2.61. The van der Waals surface area contributed by atoms with Crippen LogP contribution in [0.25, 0.3) is 6.08 Å². The van der Waals surface area contributed by atoms with Crippen LogP contribution in [-0.2, 0) is 0 Å². The van der Waals surface area contributed by atoms with E-state index >= 15 is 0 Å². The summed E-state index contributed by atoms with van der Waals surface area (Å²) in [6, 6.07) is 2.18. The van der Waals surface area contributed by atoms with Crippen LogP contribution in [0.4, 0.5) is 0 Å². The lowest BCUT2D eigenvalue weighted by atomic mass is 10.3. The molecule has 0 aliphatic carbocycles. The number of thioether (sulfide) groups is 1. The highest BCUT2D eigenvalue weighted by Crippen LogP contribution is 2.18. The van der Waals surface area contributed by atoms with Gasteiger partial charge < -0.3 is 0 Å². The molecule has 1 aromatic rings. The van der Waals surface area contributed by atoms with Crippen molar-refractivity contribution in [3.8, 4) is 0 Å². The lowest BCUT2D eigenvalue weighted by Crippen LogP contribution is -1.60. The first-order valence-corrected chi connectivity index (χ1v) is 5.48. The minimum absolute atomic E-state index is 1.12. The van der Waals surface area contributed by atoms with Crippen molar-refractivity contribution in [2.75, 3.05) is 0 Å². The van der Waals surface area contributed by atoms with Crippen molar-refractivity contribution in [1.82, 2.24) is 0 Å². The standard InChI is InChI=1S/C10H12S2/c1-8(2)11-5-4-10-6-9(3)12-7-10/h4-7H,1H2,2-3H3/b5-4+. The molecule has 0 bridgehead atoms. The van der Waals surface area contributed by atoms with Crippen LogP contribution in [-0.4, -0.2) is 0 Å². The normalized spacial score (nSPS) is 10.8. The minimum Gasteiger partial charge on any atom is -0.149 e. The molecule has 0 N–H and O–H groups in total. The molecule has 2 heteroatoms. The molecular weight excluding hydrogens is 184 g/mol. The summed E-state index contributed by atoms with van der Waals surface area (Å²) in [4.78, 5) is 2.48. The predicted molar refractivity (Wildman–Crippen MR) is 60.5 cm³/mol. The number of rotatable bonds is 3. The third-order valence-corrected chi connectivity index (χ3v) is 2.83. The van der Waals surface area contributed by atoms with Gasteiger partial charge in [0.2, 0.25) is 0 Å². The Kier molecular flexibility index (Phi) is 3.63. The summed E-state index contributed by atoms with van der Waals surface area (Å²) in [6.07, 6.45) is 2.11. The molecular formula is C10H12S2. The molecule has 0 spiro atoms. The molecule has 0 aromatic carbocycles. The van der Waals surface area contributed by atoms with Crippen molar-refractivity contribution < 1.29 is 0 Å². The Balaban J connectivity index is 2.52. The molecule has 0 unspecified atom stereocenters. The molecule has 1 aromatic heterocycles. The zero-order valence-corrected chi connectivity index (χ0v) is 8.97. The van der Waals surface area contributed by atoms with Crippen LogP contribution < -0.4 is 0 Å². The van der Waals surface area contributed by atoms with Crippen molar-refractivity contribution >= 4 is 29.2 Å². The van der Waals surface area contributed by atoms with Gasteiger partial charge in [-0.25, -0.2) is 0 Å². The predicted octanol–water partition coefficient (Wildman–Crippen LogP) is 4.29. The molecule has 1 heterocycles. The van der Waals surface area contributed by atoms with Crippen molar-refractivity contribution in [3.05, 3.63) is 38.8 Å². The Morgan fingerprint density at radius 3 is 2.92 bits per heavy atom. The first-order chi connectivity index (χ1) is 5.68. The largest absolute Gasteiger partial charge is 0.149 e. The lowest BCUT2D eigenvalue weighted by Gasteiger charge is -1.87. The van der Waals surface area contributed by atoms with Crippen LogP contribution >= 0.6 is 23.1 Å². The first-order valence-electron chi connectivity index (χ1n) is 3.72. The van der Waals surface area contributed by atoms with Crippen LogP contribution in [0.2, 0.25) is 0 Å². The van der Waals surface area contributed by atoms with Gasteiger partial charge in [0.25, 0.3) is 0 Å². The Labute approximate surface area is 82.0 Å². The number of aryl methyl sites for hydroxylation is 1. The zero-order valence-electron chi connectivity index (χ0n) is 7.33. The number of hydrogen-bond acceptors (Lipinski definition) is 2. The molecule has 0 amide bonds. The Morgan fingerprint density at radius 1 is 1.67 bits per heavy atom. The van der Waals surface area contributed by atoms with E-state index in [0.717, 1.165) is 4.91 Å². The van der Waals surface area contributed by atoms with E-state index in [9.17, 15) is 0 Å². The van der Waals surface area contributed by atoms with E-state index in [1.165, 1.54) is 10.4 Å². The smallest absolute Gasteiger partial charge is 0.00203 e. The van der Waals surface area contributed by atoms with Gasteiger partial charge in [-0.3, -0.25) is 0 Å². The van der Waals surface area contributed by atoms with E-state index in [2.05, 4.69) is 36.4 Å². The Hall–Kier alpha value is -0.470. The summed E-state index contributed by atoms with van der Waals surface area (Å²) < 4.78 is 0. The number of hydrogen-bond donors (Lipinski definition) is 0. The zero-order chi connectivity index (χ0) is 8.97. The Bertz CT molecular complexity index is 295. The summed E-state index contributed by atoms with van der Waals surface area (Å²) in [5.74, 6) is 0. The van der Waals surface area contributed by atoms with Crippen molar-refractivity contribution in [3.63, 3.8) is 0 Å². The average Bonchev–Trinajstić information content (AvgIpc) is 2.35. The highest BCUT2D eigenvalue weighted by Gasteiger charge is 1.89. The summed E-state index contributed by atoms with van der Waals surface area (Å²) in [5, 5.41) is 4.23. The summed E-state index contributed by atoms with van der Waals surface area (Å²) >= 11 is 3.45. The van der Waals surface area contributed by atoms with E-state index in [4.69, 9.17) is 0 Å². The fourth-order valence-corrected chi connectivity index (χ4v) is 1.91. The van der Waals surface area contributed by atoms with Crippen LogP contribution in [0.1, 0.15) is 17.4 Å². The van der Waals surface area contributed by atoms with Crippen molar-refractivity contribution in [2.45, 2.75) is 13.8 Å². The van der Waals surface area contributed by atoms with E-state index in [0.29, 0.717) is 0 Å². The third kappa shape index (κ3) is 3.28. The molecule has 0 radical (unpaired) electrons. The van der Waals surface area contributed by atoms with E-state index in [1.54, 1.807) is 23.1 Å². The van der Waals surface area contributed by atoms with E-state index in [1.807, 2.05) is 6.92 Å². The monoisotopic (exact) mass is 196 g/mol. The highest BCUT2D eigenvalue weighted by atomic mass is 32.2. The average molecular weight is 196 g/mol. The fourth-order valence-electron chi connectivity index (χ4n) is 0.780. The lowest BCUT2D eigenvalue weighted by molar-refractivity contribution is 1.63. The molecule has 0 saturated heterocycles. The second-order valence-corrected chi connectivity index (χ2v) is 4.93. The second kappa shape index (κ2) is 4.53. The van der Waals surface area contributed by atoms with Crippen LogP contribution in [0.15, 0.2) is 28.3 Å². The highest BCUT2D eigenvalue weighted by molar-refractivity contribution is 8.05. The fraction of sp³-hybridized carbons (Fsp3) is 0.200. The maximum atomic E-state index is 3.81. The topological polar surface area (TPSA) is 0 Å². The first kappa shape index (κ1) is 9.62. The van der Waals surface area contributed by atoms with Crippen molar-refractivity contribution in [2.24, 2.45) is 0 Å². The van der Waals surface area contributed by atoms with Gasteiger partial charge in [0.1, 0.15) is 0 Å². The van der Waals surface area contributed by atoms with Gasteiger partial charge in [0.15, 0.2) is 0 Å². The SMILES string of the molecule is C=C(C)S/C=C/c1csc(C)c1. The molecule has 64 valence electrons. The van der Waals surface area contributed by atoms with Gasteiger partial charge in [-0.1, -0.05) is 6.58 Å². The minimum atomic E-state index is 1.12. The van der Waals surface area contributed by atoms with Gasteiger partial charge in [0.05, 0.1) is 0 Å². The molecule has 1 rings (SSSR count). The van der Waals surface area contributed by atoms with Gasteiger partial charge in [-0.05, 0) is 47.2 Å².